The monoisotopic (exact) mass is 552 g/mol. The number of carboxylic acid groups (broad SMARTS) is 1. The number of phosphoric ester groups is 1. The molecule has 0 saturated heterocycles. The maximum atomic E-state index is 12.9. The van der Waals surface area contributed by atoms with Gasteiger partial charge in [0.25, 0.3) is 0 Å². The molecule has 5 aliphatic carbocycles. The highest BCUT2D eigenvalue weighted by Gasteiger charge is 2.72. The Labute approximate surface area is 228 Å². The Hall–Kier alpha value is -0.720. The molecular weight excluding hydrogens is 503 g/mol. The standard InChI is InChI=1S/C30H49O7P/c1-18(17-37-38(34,35)36)19-9-14-30(25(32)33)16-15-28(5)20(24(19)30)7-8-22-27(4)12-11-23(31)26(2,3)21(27)10-13-29(22,28)6/h19-24,31H,1,7-17H2,2-6H3,(H,32,33)(H2,34,35,36)/t19?,20?,21?,22?,23-,24?,27-,28+,29+,30-/m0/s1. The second-order valence-corrected chi connectivity index (χ2v) is 16.3. The van der Waals surface area contributed by atoms with Crippen molar-refractivity contribution in [3.05, 3.63) is 12.2 Å². The first-order valence-corrected chi connectivity index (χ1v) is 16.3. The van der Waals surface area contributed by atoms with Gasteiger partial charge in [-0.15, -0.1) is 0 Å². The highest BCUT2D eigenvalue weighted by molar-refractivity contribution is 7.46. The Bertz CT molecular complexity index is 1050. The fourth-order valence-corrected chi connectivity index (χ4v) is 12.0. The van der Waals surface area contributed by atoms with Crippen molar-refractivity contribution in [2.45, 2.75) is 105 Å². The molecule has 0 heterocycles. The molecule has 0 aromatic carbocycles. The first-order chi connectivity index (χ1) is 17.4. The number of aliphatic carboxylic acids is 1. The first kappa shape index (κ1) is 28.8. The fourth-order valence-electron chi connectivity index (χ4n) is 11.7. The Balaban J connectivity index is 1.51. The summed E-state index contributed by atoms with van der Waals surface area (Å²) < 4.78 is 16.3. The summed E-state index contributed by atoms with van der Waals surface area (Å²) in [6, 6.07) is 0. The first-order valence-electron chi connectivity index (χ1n) is 14.7. The molecular formula is C30H49O7P. The van der Waals surface area contributed by atoms with E-state index in [9.17, 15) is 29.4 Å². The van der Waals surface area contributed by atoms with Crippen LogP contribution in [0.4, 0.5) is 0 Å². The minimum Gasteiger partial charge on any atom is -0.481 e. The molecule has 5 saturated carbocycles. The number of aliphatic hydroxyl groups excluding tert-OH is 1. The summed E-state index contributed by atoms with van der Waals surface area (Å²) in [5, 5.41) is 21.5. The van der Waals surface area contributed by atoms with Gasteiger partial charge < -0.3 is 20.0 Å². The zero-order chi connectivity index (χ0) is 28.1. The average Bonchev–Trinajstić information content (AvgIpc) is 3.21. The van der Waals surface area contributed by atoms with Crippen LogP contribution >= 0.6 is 7.82 Å². The van der Waals surface area contributed by atoms with Crippen molar-refractivity contribution in [2.75, 3.05) is 6.61 Å². The molecule has 4 N–H and O–H groups in total. The predicted molar refractivity (Wildman–Crippen MR) is 145 cm³/mol. The summed E-state index contributed by atoms with van der Waals surface area (Å²) in [5.41, 5.74) is -0.0922. The fraction of sp³-hybridized carbons (Fsp3) is 0.900. The molecule has 0 aromatic rings. The normalized spacial score (nSPS) is 49.8. The molecule has 0 radical (unpaired) electrons. The van der Waals surface area contributed by atoms with Gasteiger partial charge in [-0.2, -0.15) is 0 Å². The molecule has 0 bridgehead atoms. The minimum absolute atomic E-state index is 0.0271. The van der Waals surface area contributed by atoms with Crippen molar-refractivity contribution in [3.63, 3.8) is 0 Å². The predicted octanol–water partition coefficient (Wildman–Crippen LogP) is 6.18. The summed E-state index contributed by atoms with van der Waals surface area (Å²) in [6.45, 7) is 15.9. The van der Waals surface area contributed by atoms with Crippen LogP contribution in [-0.4, -0.2) is 38.7 Å². The number of aliphatic hydroxyl groups is 1. The van der Waals surface area contributed by atoms with Crippen LogP contribution in [0.15, 0.2) is 12.2 Å². The van der Waals surface area contributed by atoms with E-state index in [1.165, 1.54) is 0 Å². The summed E-state index contributed by atoms with van der Waals surface area (Å²) in [4.78, 5) is 31.5. The molecule has 0 aliphatic heterocycles. The van der Waals surface area contributed by atoms with Gasteiger partial charge in [-0.25, -0.2) is 4.57 Å². The third kappa shape index (κ3) is 3.81. The third-order valence-electron chi connectivity index (χ3n) is 13.8. The Morgan fingerprint density at radius 3 is 2.21 bits per heavy atom. The van der Waals surface area contributed by atoms with Gasteiger partial charge in [0, 0.05) is 0 Å². The van der Waals surface area contributed by atoms with Gasteiger partial charge in [-0.05, 0) is 121 Å². The number of carbonyl (C=O) groups is 1. The van der Waals surface area contributed by atoms with Crippen LogP contribution in [0.2, 0.25) is 0 Å². The smallest absolute Gasteiger partial charge is 0.469 e. The maximum Gasteiger partial charge on any atom is 0.469 e. The molecule has 8 heteroatoms. The lowest BCUT2D eigenvalue weighted by atomic mass is 9.32. The number of hydrogen-bond donors (Lipinski definition) is 4. The quantitative estimate of drug-likeness (QED) is 0.237. The number of hydrogen-bond acceptors (Lipinski definition) is 4. The second kappa shape index (κ2) is 8.89. The molecule has 0 amide bonds. The molecule has 216 valence electrons. The zero-order valence-corrected chi connectivity index (χ0v) is 24.8. The van der Waals surface area contributed by atoms with E-state index in [4.69, 9.17) is 4.52 Å². The molecule has 5 fully saturated rings. The van der Waals surface area contributed by atoms with Crippen molar-refractivity contribution in [3.8, 4) is 0 Å². The van der Waals surface area contributed by atoms with Crippen LogP contribution in [0.1, 0.15) is 98.8 Å². The largest absolute Gasteiger partial charge is 0.481 e. The van der Waals surface area contributed by atoms with Crippen LogP contribution in [0.5, 0.6) is 0 Å². The second-order valence-electron chi connectivity index (χ2n) is 15.1. The summed E-state index contributed by atoms with van der Waals surface area (Å²) in [7, 11) is -4.64. The van der Waals surface area contributed by atoms with Crippen LogP contribution < -0.4 is 0 Å². The summed E-state index contributed by atoms with van der Waals surface area (Å²) >= 11 is 0. The highest BCUT2D eigenvalue weighted by atomic mass is 31.2. The van der Waals surface area contributed by atoms with Crippen molar-refractivity contribution < 1.29 is 33.9 Å². The van der Waals surface area contributed by atoms with Crippen molar-refractivity contribution >= 4 is 13.8 Å². The van der Waals surface area contributed by atoms with Gasteiger partial charge in [-0.1, -0.05) is 41.2 Å². The van der Waals surface area contributed by atoms with Crippen molar-refractivity contribution in [2.24, 2.45) is 56.7 Å². The van der Waals surface area contributed by atoms with E-state index >= 15 is 0 Å². The Kier molecular flexibility index (Phi) is 6.73. The van der Waals surface area contributed by atoms with Crippen molar-refractivity contribution in [1.82, 2.24) is 0 Å². The van der Waals surface area contributed by atoms with Crippen LogP contribution in [0.3, 0.4) is 0 Å². The Morgan fingerprint density at radius 1 is 0.895 bits per heavy atom. The summed E-state index contributed by atoms with van der Waals surface area (Å²) in [6.07, 6.45) is 8.69. The van der Waals surface area contributed by atoms with Gasteiger partial charge >= 0.3 is 13.8 Å². The van der Waals surface area contributed by atoms with Crippen LogP contribution in [-0.2, 0) is 13.9 Å². The maximum absolute atomic E-state index is 12.9. The molecule has 5 unspecified atom stereocenters. The van der Waals surface area contributed by atoms with Gasteiger partial charge in [-0.3, -0.25) is 9.32 Å². The molecule has 10 atom stereocenters. The lowest BCUT2D eigenvalue weighted by Crippen LogP contribution is -2.67. The van der Waals surface area contributed by atoms with Crippen LogP contribution in [0.25, 0.3) is 0 Å². The zero-order valence-electron chi connectivity index (χ0n) is 23.9. The van der Waals surface area contributed by atoms with E-state index in [1.54, 1.807) is 0 Å². The molecule has 7 nitrogen and oxygen atoms in total. The van der Waals surface area contributed by atoms with E-state index < -0.39 is 19.2 Å². The lowest BCUT2D eigenvalue weighted by Gasteiger charge is -2.72. The lowest BCUT2D eigenvalue weighted by molar-refractivity contribution is -0.248. The number of fused-ring (bicyclic) bond motifs is 7. The van der Waals surface area contributed by atoms with E-state index in [1.807, 2.05) is 0 Å². The molecule has 5 aliphatic rings. The highest BCUT2D eigenvalue weighted by Crippen LogP contribution is 2.77. The average molecular weight is 553 g/mol. The van der Waals surface area contributed by atoms with E-state index in [0.29, 0.717) is 36.7 Å². The summed E-state index contributed by atoms with van der Waals surface area (Å²) in [5.74, 6) is 0.289. The van der Waals surface area contributed by atoms with Gasteiger partial charge in [0.2, 0.25) is 0 Å². The van der Waals surface area contributed by atoms with Crippen LogP contribution in [0, 0.1) is 56.7 Å². The number of carboxylic acids is 1. The topological polar surface area (TPSA) is 124 Å². The van der Waals surface area contributed by atoms with Gasteiger partial charge in [0.15, 0.2) is 0 Å². The van der Waals surface area contributed by atoms with Crippen molar-refractivity contribution in [1.29, 1.82) is 0 Å². The molecule has 5 rings (SSSR count). The Morgan fingerprint density at radius 2 is 1.58 bits per heavy atom. The van der Waals surface area contributed by atoms with Gasteiger partial charge in [0.1, 0.15) is 0 Å². The molecule has 0 aromatic heterocycles. The van der Waals surface area contributed by atoms with E-state index in [2.05, 4.69) is 41.2 Å². The SMILES string of the molecule is C=C(COP(=O)(O)O)C1CC[C@]2(C(=O)O)CC[C@]3(C)C(CCC4[C@@]5(C)CC[C@H](O)C(C)(C)C5CC[C@]43C)C12. The van der Waals surface area contributed by atoms with E-state index in [-0.39, 0.29) is 52.1 Å². The molecule has 0 spiro atoms. The minimum atomic E-state index is -4.64. The van der Waals surface area contributed by atoms with Gasteiger partial charge in [0.05, 0.1) is 18.1 Å². The molecule has 38 heavy (non-hydrogen) atoms. The van der Waals surface area contributed by atoms with E-state index in [0.717, 1.165) is 44.9 Å². The number of phosphoric acid groups is 1. The third-order valence-corrected chi connectivity index (χ3v) is 14.2. The number of rotatable bonds is 5.